The Bertz CT molecular complexity index is 607. The Morgan fingerprint density at radius 1 is 1.15 bits per heavy atom. The number of ether oxygens (including phenoxy) is 1. The van der Waals surface area contributed by atoms with E-state index in [0.29, 0.717) is 18.6 Å². The first kappa shape index (κ1) is 21.2. The molecule has 4 nitrogen and oxygen atoms in total. The second-order valence-corrected chi connectivity index (χ2v) is 9.86. The summed E-state index contributed by atoms with van der Waals surface area (Å²) in [5, 5.41) is 2.75. The monoisotopic (exact) mass is 432 g/mol. The van der Waals surface area contributed by atoms with Crippen molar-refractivity contribution in [2.24, 2.45) is 5.92 Å². The van der Waals surface area contributed by atoms with Gasteiger partial charge in [-0.1, -0.05) is 71.6 Å². The van der Waals surface area contributed by atoms with E-state index in [9.17, 15) is 4.79 Å². The van der Waals surface area contributed by atoms with Crippen molar-refractivity contribution in [3.63, 3.8) is 0 Å². The summed E-state index contributed by atoms with van der Waals surface area (Å²) in [5.74, 6) is 0.195. The summed E-state index contributed by atoms with van der Waals surface area (Å²) in [6.45, 7) is 2.83. The largest absolute Gasteiger partial charge is 0.354 e. The van der Waals surface area contributed by atoms with Gasteiger partial charge in [0.25, 0.3) is 0 Å². The first-order chi connectivity index (χ1) is 12.9. The summed E-state index contributed by atoms with van der Waals surface area (Å²) in [6.07, 6.45) is 5.29. The molecule has 0 spiro atoms. The number of halogens is 3. The van der Waals surface area contributed by atoms with Gasteiger partial charge in [0.15, 0.2) is 6.23 Å². The van der Waals surface area contributed by atoms with E-state index in [0.717, 1.165) is 12.0 Å². The fraction of sp³-hybridized carbons (Fsp3) is 0.650. The Kier molecular flexibility index (Phi) is 7.69. The maximum Gasteiger partial charge on any atom is 0.234 e. The lowest BCUT2D eigenvalue weighted by atomic mass is 9.84. The molecule has 1 amide bonds. The van der Waals surface area contributed by atoms with E-state index in [1.807, 2.05) is 30.3 Å². The number of alkyl halides is 3. The van der Waals surface area contributed by atoms with Gasteiger partial charge in [0, 0.05) is 6.04 Å². The third kappa shape index (κ3) is 6.23. The zero-order valence-electron chi connectivity index (χ0n) is 15.4. The Balaban J connectivity index is 1.56. The van der Waals surface area contributed by atoms with E-state index in [2.05, 4.69) is 10.2 Å². The number of piperidine rings is 2. The van der Waals surface area contributed by atoms with Crippen LogP contribution in [-0.4, -0.2) is 46.6 Å². The Morgan fingerprint density at radius 2 is 1.89 bits per heavy atom. The molecule has 0 saturated carbocycles. The fourth-order valence-corrected chi connectivity index (χ4v) is 4.54. The molecule has 2 saturated heterocycles. The molecule has 0 radical (unpaired) electrons. The van der Waals surface area contributed by atoms with Crippen LogP contribution in [-0.2, 0) is 16.0 Å². The second kappa shape index (κ2) is 9.80. The molecule has 27 heavy (non-hydrogen) atoms. The summed E-state index contributed by atoms with van der Waals surface area (Å²) >= 11 is 18.2. The van der Waals surface area contributed by atoms with Crippen LogP contribution in [0, 0.1) is 5.92 Å². The smallest absolute Gasteiger partial charge is 0.234 e. The molecule has 2 heterocycles. The molecule has 0 bridgehead atoms. The molecule has 2 aliphatic rings. The first-order valence-corrected chi connectivity index (χ1v) is 10.8. The summed E-state index contributed by atoms with van der Waals surface area (Å²) < 4.78 is 4.23. The first-order valence-electron chi connectivity index (χ1n) is 9.69. The molecule has 1 aromatic carbocycles. The van der Waals surface area contributed by atoms with Crippen LogP contribution in [0.3, 0.4) is 0 Å². The zero-order valence-corrected chi connectivity index (χ0v) is 17.6. The molecule has 1 aromatic rings. The van der Waals surface area contributed by atoms with Crippen molar-refractivity contribution in [1.29, 1.82) is 0 Å². The highest BCUT2D eigenvalue weighted by Crippen LogP contribution is 2.34. The minimum Gasteiger partial charge on any atom is -0.354 e. The molecule has 7 heteroatoms. The fourth-order valence-electron chi connectivity index (χ4n) is 4.19. The van der Waals surface area contributed by atoms with Crippen molar-refractivity contribution in [3.05, 3.63) is 35.9 Å². The van der Waals surface area contributed by atoms with Crippen LogP contribution in [0.4, 0.5) is 0 Å². The van der Waals surface area contributed by atoms with Crippen molar-refractivity contribution >= 4 is 40.7 Å². The third-order valence-corrected chi connectivity index (χ3v) is 6.10. The molecule has 150 valence electrons. The van der Waals surface area contributed by atoms with Crippen LogP contribution < -0.4 is 5.32 Å². The van der Waals surface area contributed by atoms with Crippen molar-refractivity contribution < 1.29 is 9.53 Å². The number of benzene rings is 1. The van der Waals surface area contributed by atoms with Crippen molar-refractivity contribution in [2.75, 3.05) is 19.7 Å². The molecular weight excluding hydrogens is 407 g/mol. The lowest BCUT2D eigenvalue weighted by molar-refractivity contribution is -0.125. The number of amides is 1. The summed E-state index contributed by atoms with van der Waals surface area (Å²) in [4.78, 5) is 14.9. The normalized spacial score (nSPS) is 24.9. The van der Waals surface area contributed by atoms with Gasteiger partial charge < -0.3 is 15.0 Å². The van der Waals surface area contributed by atoms with Crippen LogP contribution in [0.15, 0.2) is 30.3 Å². The van der Waals surface area contributed by atoms with Crippen LogP contribution >= 0.6 is 34.8 Å². The van der Waals surface area contributed by atoms with Gasteiger partial charge in [-0.25, -0.2) is 0 Å². The van der Waals surface area contributed by atoms with Crippen LogP contribution in [0.5, 0.6) is 0 Å². The van der Waals surface area contributed by atoms with Crippen LogP contribution in [0.1, 0.15) is 37.7 Å². The van der Waals surface area contributed by atoms with Gasteiger partial charge in [-0.05, 0) is 50.3 Å². The summed E-state index contributed by atoms with van der Waals surface area (Å²) in [6, 6.07) is 10.0. The average molecular weight is 434 g/mol. The summed E-state index contributed by atoms with van der Waals surface area (Å²) in [7, 11) is 0. The number of nitrogens with zero attached hydrogens (tertiary/aromatic N) is 1. The van der Waals surface area contributed by atoms with Gasteiger partial charge in [0.1, 0.15) is 0 Å². The standard InChI is InChI=1S/C20H27Cl3N2O2/c21-20(22,23)19(24-18(26)13-15-7-2-1-3-8-15)27-14-16-9-6-12-25-11-5-4-10-17(16)25/h1-3,7-8,16-17,19H,4-6,9-14H2,(H,24,26)/t16-,17+,19+/m0/s1. The maximum absolute atomic E-state index is 12.4. The Morgan fingerprint density at radius 3 is 2.63 bits per heavy atom. The van der Waals surface area contributed by atoms with Crippen LogP contribution in [0.25, 0.3) is 0 Å². The third-order valence-electron chi connectivity index (χ3n) is 5.50. The van der Waals surface area contributed by atoms with E-state index in [1.165, 1.54) is 38.8 Å². The van der Waals surface area contributed by atoms with E-state index < -0.39 is 10.0 Å². The number of rotatable bonds is 6. The maximum atomic E-state index is 12.4. The average Bonchev–Trinajstić information content (AvgIpc) is 2.65. The second-order valence-electron chi connectivity index (χ2n) is 7.49. The number of carbonyl (C=O) groups is 1. The molecule has 0 aliphatic carbocycles. The number of carbonyl (C=O) groups excluding carboxylic acids is 1. The zero-order chi connectivity index (χ0) is 19.3. The lowest BCUT2D eigenvalue weighted by Gasteiger charge is -2.44. The van der Waals surface area contributed by atoms with E-state index in [-0.39, 0.29) is 12.3 Å². The van der Waals surface area contributed by atoms with E-state index in [4.69, 9.17) is 39.5 Å². The lowest BCUT2D eigenvalue weighted by Crippen LogP contribution is -2.51. The minimum atomic E-state index is -1.72. The highest BCUT2D eigenvalue weighted by molar-refractivity contribution is 6.68. The highest BCUT2D eigenvalue weighted by Gasteiger charge is 2.38. The molecule has 0 aromatic heterocycles. The predicted octanol–water partition coefficient (Wildman–Crippen LogP) is 4.32. The van der Waals surface area contributed by atoms with E-state index in [1.54, 1.807) is 0 Å². The Hall–Kier alpha value is -0.520. The molecule has 0 unspecified atom stereocenters. The number of nitrogens with one attached hydrogen (secondary N) is 1. The predicted molar refractivity (Wildman–Crippen MR) is 110 cm³/mol. The summed E-state index contributed by atoms with van der Waals surface area (Å²) in [5.41, 5.74) is 0.906. The van der Waals surface area contributed by atoms with Crippen molar-refractivity contribution in [3.8, 4) is 0 Å². The SMILES string of the molecule is O=C(Cc1ccccc1)N[C@H](OC[C@@H]1CCCN2CCCC[C@H]12)C(Cl)(Cl)Cl. The number of hydrogen-bond acceptors (Lipinski definition) is 3. The molecule has 2 aliphatic heterocycles. The Labute approximate surface area is 176 Å². The van der Waals surface area contributed by atoms with Gasteiger partial charge in [-0.2, -0.15) is 0 Å². The molecule has 2 fully saturated rings. The number of fused-ring (bicyclic) bond motifs is 1. The van der Waals surface area contributed by atoms with Crippen molar-refractivity contribution in [2.45, 2.75) is 54.6 Å². The van der Waals surface area contributed by atoms with Crippen molar-refractivity contribution in [1.82, 2.24) is 10.2 Å². The molecule has 1 N–H and O–H groups in total. The molecular formula is C20H27Cl3N2O2. The van der Waals surface area contributed by atoms with Gasteiger partial charge in [0.05, 0.1) is 13.0 Å². The molecule has 3 rings (SSSR count). The van der Waals surface area contributed by atoms with Gasteiger partial charge in [0.2, 0.25) is 9.70 Å². The quantitative estimate of drug-likeness (QED) is 0.536. The van der Waals surface area contributed by atoms with Gasteiger partial charge in [-0.15, -0.1) is 0 Å². The van der Waals surface area contributed by atoms with Gasteiger partial charge in [-0.3, -0.25) is 4.79 Å². The minimum absolute atomic E-state index is 0.222. The highest BCUT2D eigenvalue weighted by atomic mass is 35.6. The molecule has 3 atom stereocenters. The van der Waals surface area contributed by atoms with Gasteiger partial charge >= 0.3 is 0 Å². The van der Waals surface area contributed by atoms with E-state index >= 15 is 0 Å². The topological polar surface area (TPSA) is 41.6 Å². The number of hydrogen-bond donors (Lipinski definition) is 1. The van der Waals surface area contributed by atoms with Crippen LogP contribution in [0.2, 0.25) is 0 Å².